The van der Waals surface area contributed by atoms with Crippen LogP contribution in [0.15, 0.2) is 59.9 Å². The summed E-state index contributed by atoms with van der Waals surface area (Å²) < 4.78 is 1.90. The molecule has 2 N–H and O–H groups in total. The van der Waals surface area contributed by atoms with E-state index < -0.39 is 0 Å². The van der Waals surface area contributed by atoms with Crippen molar-refractivity contribution in [3.05, 3.63) is 76.8 Å². The fourth-order valence-corrected chi connectivity index (χ4v) is 2.91. The summed E-state index contributed by atoms with van der Waals surface area (Å²) in [5, 5.41) is 11.7. The molecule has 0 aliphatic rings. The third kappa shape index (κ3) is 7.01. The van der Waals surface area contributed by atoms with Gasteiger partial charge in [-0.15, -0.1) is 24.0 Å². The van der Waals surface area contributed by atoms with Gasteiger partial charge in [-0.05, 0) is 49.6 Å². The number of aromatic nitrogens is 3. The maximum atomic E-state index is 5.83. The van der Waals surface area contributed by atoms with Gasteiger partial charge >= 0.3 is 0 Å². The van der Waals surface area contributed by atoms with E-state index in [2.05, 4.69) is 39.8 Å². The normalized spacial score (nSPS) is 11.1. The van der Waals surface area contributed by atoms with Gasteiger partial charge in [-0.3, -0.25) is 0 Å². The second-order valence-corrected chi connectivity index (χ2v) is 6.78. The lowest BCUT2D eigenvalue weighted by atomic mass is 10.2. The van der Waals surface area contributed by atoms with Crippen molar-refractivity contribution < 1.29 is 0 Å². The lowest BCUT2D eigenvalue weighted by Gasteiger charge is -2.12. The van der Waals surface area contributed by atoms with Gasteiger partial charge in [-0.1, -0.05) is 35.9 Å². The molecule has 0 unspecified atom stereocenters. The van der Waals surface area contributed by atoms with Crippen LogP contribution in [-0.4, -0.2) is 33.8 Å². The van der Waals surface area contributed by atoms with Gasteiger partial charge in [0, 0.05) is 25.5 Å². The van der Waals surface area contributed by atoms with Crippen molar-refractivity contribution in [3.8, 4) is 5.69 Å². The summed E-state index contributed by atoms with van der Waals surface area (Å²) in [5.41, 5.74) is 4.28. The molecule has 0 fully saturated rings. The largest absolute Gasteiger partial charge is 0.357 e. The van der Waals surface area contributed by atoms with Crippen LogP contribution in [0.4, 0.5) is 0 Å². The van der Waals surface area contributed by atoms with Crippen molar-refractivity contribution >= 4 is 41.5 Å². The second-order valence-electron chi connectivity index (χ2n) is 6.39. The maximum absolute atomic E-state index is 5.83. The molecule has 0 saturated heterocycles. The average molecular weight is 525 g/mol. The van der Waals surface area contributed by atoms with Gasteiger partial charge in [0.1, 0.15) is 5.15 Å². The fourth-order valence-electron chi connectivity index (χ4n) is 2.80. The Morgan fingerprint density at radius 3 is 2.66 bits per heavy atom. The molecule has 0 spiro atoms. The van der Waals surface area contributed by atoms with E-state index in [1.165, 1.54) is 0 Å². The van der Waals surface area contributed by atoms with Crippen LogP contribution in [0.1, 0.15) is 23.7 Å². The summed E-state index contributed by atoms with van der Waals surface area (Å²) in [5.74, 6) is 0.788. The summed E-state index contributed by atoms with van der Waals surface area (Å²) >= 11 is 5.83. The first kappa shape index (κ1) is 23.2. The predicted octanol–water partition coefficient (Wildman–Crippen LogP) is 4.14. The zero-order valence-electron chi connectivity index (χ0n) is 16.6. The Bertz CT molecular complexity index is 923. The molecule has 0 aliphatic carbocycles. The fraction of sp³-hybridized carbons (Fsp3) is 0.286. The van der Waals surface area contributed by atoms with Gasteiger partial charge in [0.25, 0.3) is 0 Å². The molecule has 3 rings (SSSR count). The number of para-hydroxylation sites is 1. The molecule has 6 nitrogen and oxygen atoms in total. The van der Waals surface area contributed by atoms with Gasteiger partial charge in [-0.25, -0.2) is 14.7 Å². The Balaban J connectivity index is 0.00000300. The Labute approximate surface area is 193 Å². The number of hydrogen-bond donors (Lipinski definition) is 2. The van der Waals surface area contributed by atoms with Crippen molar-refractivity contribution in [2.45, 2.75) is 26.8 Å². The molecule has 0 radical (unpaired) electrons. The van der Waals surface area contributed by atoms with Crippen LogP contribution < -0.4 is 10.6 Å². The third-order valence-corrected chi connectivity index (χ3v) is 4.43. The van der Waals surface area contributed by atoms with E-state index in [0.29, 0.717) is 11.7 Å². The minimum atomic E-state index is 0. The Kier molecular flexibility index (Phi) is 9.40. The predicted molar refractivity (Wildman–Crippen MR) is 129 cm³/mol. The lowest BCUT2D eigenvalue weighted by molar-refractivity contribution is 0.794. The quantitative estimate of drug-likeness (QED) is 0.211. The highest BCUT2D eigenvalue weighted by Gasteiger charge is 2.06. The number of aryl methyl sites for hydroxylation is 1. The smallest absolute Gasteiger partial charge is 0.191 e. The molecule has 154 valence electrons. The van der Waals surface area contributed by atoms with Crippen LogP contribution in [0, 0.1) is 6.92 Å². The molecule has 2 heterocycles. The number of nitrogens with one attached hydrogen (secondary N) is 2. The highest BCUT2D eigenvalue weighted by atomic mass is 127. The minimum absolute atomic E-state index is 0. The molecule has 29 heavy (non-hydrogen) atoms. The SMILES string of the molecule is CCNC(=NCc1ccccc1-n1ccc(C)n1)NCCc1ccc(Cl)nc1.I. The van der Waals surface area contributed by atoms with Crippen molar-refractivity contribution in [2.24, 2.45) is 4.99 Å². The summed E-state index contributed by atoms with van der Waals surface area (Å²) in [4.78, 5) is 8.85. The van der Waals surface area contributed by atoms with Crippen LogP contribution in [0.3, 0.4) is 0 Å². The number of halogens is 2. The van der Waals surface area contributed by atoms with Gasteiger partial charge in [-0.2, -0.15) is 5.10 Å². The first-order valence-electron chi connectivity index (χ1n) is 9.39. The molecular weight excluding hydrogens is 499 g/mol. The molecule has 0 bridgehead atoms. The van der Waals surface area contributed by atoms with E-state index >= 15 is 0 Å². The van der Waals surface area contributed by atoms with E-state index in [1.54, 1.807) is 6.20 Å². The van der Waals surface area contributed by atoms with E-state index in [9.17, 15) is 0 Å². The van der Waals surface area contributed by atoms with Crippen LogP contribution in [-0.2, 0) is 13.0 Å². The standard InChI is InChI=1S/C21H25ClN6.HI/c1-3-23-21(24-12-10-17-8-9-20(22)25-14-17)26-15-18-6-4-5-7-19(18)28-13-11-16(2)27-28;/h4-9,11,13-14H,3,10,12,15H2,1-2H3,(H2,23,24,26);1H. The van der Waals surface area contributed by atoms with Crippen molar-refractivity contribution in [2.75, 3.05) is 13.1 Å². The summed E-state index contributed by atoms with van der Waals surface area (Å²) in [6, 6.07) is 14.0. The number of guanidine groups is 1. The zero-order valence-corrected chi connectivity index (χ0v) is 19.7. The molecule has 1 aromatic carbocycles. The number of hydrogen-bond acceptors (Lipinski definition) is 3. The van der Waals surface area contributed by atoms with Gasteiger partial charge in [0.2, 0.25) is 0 Å². The highest BCUT2D eigenvalue weighted by molar-refractivity contribution is 14.0. The van der Waals surface area contributed by atoms with E-state index in [1.807, 2.05) is 48.1 Å². The topological polar surface area (TPSA) is 67.1 Å². The van der Waals surface area contributed by atoms with Crippen molar-refractivity contribution in [1.82, 2.24) is 25.4 Å². The van der Waals surface area contributed by atoms with Crippen molar-refractivity contribution in [1.29, 1.82) is 0 Å². The summed E-state index contributed by atoms with van der Waals surface area (Å²) in [6.07, 6.45) is 4.62. The Morgan fingerprint density at radius 1 is 1.14 bits per heavy atom. The maximum Gasteiger partial charge on any atom is 0.191 e. The first-order chi connectivity index (χ1) is 13.7. The van der Waals surface area contributed by atoms with E-state index in [4.69, 9.17) is 16.6 Å². The van der Waals surface area contributed by atoms with Gasteiger partial charge in [0.05, 0.1) is 17.9 Å². The number of benzene rings is 1. The number of nitrogens with zero attached hydrogens (tertiary/aromatic N) is 4. The Morgan fingerprint density at radius 2 is 1.97 bits per heavy atom. The molecule has 2 aromatic heterocycles. The molecular formula is C21H26ClIN6. The number of aliphatic imine (C=N–C) groups is 1. The number of pyridine rings is 1. The monoisotopic (exact) mass is 524 g/mol. The first-order valence-corrected chi connectivity index (χ1v) is 9.76. The van der Waals surface area contributed by atoms with E-state index in [0.717, 1.165) is 48.0 Å². The minimum Gasteiger partial charge on any atom is -0.357 e. The molecule has 0 amide bonds. The number of rotatable bonds is 7. The molecule has 0 saturated carbocycles. The summed E-state index contributed by atoms with van der Waals surface area (Å²) in [6.45, 7) is 6.16. The lowest BCUT2D eigenvalue weighted by Crippen LogP contribution is -2.38. The molecule has 0 atom stereocenters. The summed E-state index contributed by atoms with van der Waals surface area (Å²) in [7, 11) is 0. The van der Waals surface area contributed by atoms with Crippen molar-refractivity contribution in [3.63, 3.8) is 0 Å². The van der Waals surface area contributed by atoms with Gasteiger partial charge in [0.15, 0.2) is 5.96 Å². The average Bonchev–Trinajstić information content (AvgIpc) is 3.14. The van der Waals surface area contributed by atoms with Crippen LogP contribution in [0.5, 0.6) is 0 Å². The van der Waals surface area contributed by atoms with Crippen LogP contribution in [0.2, 0.25) is 5.15 Å². The zero-order chi connectivity index (χ0) is 19.8. The highest BCUT2D eigenvalue weighted by Crippen LogP contribution is 2.15. The second kappa shape index (κ2) is 11.8. The molecule has 0 aliphatic heterocycles. The van der Waals surface area contributed by atoms with Gasteiger partial charge < -0.3 is 10.6 Å². The molecule has 8 heteroatoms. The van der Waals surface area contributed by atoms with E-state index in [-0.39, 0.29) is 24.0 Å². The third-order valence-electron chi connectivity index (χ3n) is 4.21. The Hall–Kier alpha value is -2.13. The molecule has 3 aromatic rings. The van der Waals surface area contributed by atoms with Crippen LogP contribution in [0.25, 0.3) is 5.69 Å². The van der Waals surface area contributed by atoms with Crippen LogP contribution >= 0.6 is 35.6 Å².